The first-order valence-electron chi connectivity index (χ1n) is 9.84. The fraction of sp³-hybridized carbons (Fsp3) is 0.500. The summed E-state index contributed by atoms with van der Waals surface area (Å²) >= 11 is 0. The topological polar surface area (TPSA) is 132 Å². The SMILES string of the molecule is CCOC(=O)N1CC[NH+](CC(=O)N2c3ccccc3CC2C)CC1.O=C([O-])C(=O)O. The van der Waals surface area contributed by atoms with Crippen LogP contribution in [0.3, 0.4) is 0 Å². The fourth-order valence-electron chi connectivity index (χ4n) is 3.64. The van der Waals surface area contributed by atoms with Crippen molar-refractivity contribution in [1.29, 1.82) is 0 Å². The van der Waals surface area contributed by atoms with Crippen LogP contribution in [0.4, 0.5) is 10.5 Å². The molecule has 2 heterocycles. The number of quaternary nitrogens is 1. The number of hydrogen-bond acceptors (Lipinski definition) is 6. The largest absolute Gasteiger partial charge is 0.539 e. The number of carboxylic acid groups (broad SMARTS) is 2. The predicted molar refractivity (Wildman–Crippen MR) is 104 cm³/mol. The molecule has 1 aromatic carbocycles. The number of ether oxygens (including phenoxy) is 1. The monoisotopic (exact) mass is 421 g/mol. The lowest BCUT2D eigenvalue weighted by molar-refractivity contribution is -0.895. The van der Waals surface area contributed by atoms with Gasteiger partial charge in [0.05, 0.1) is 32.8 Å². The first kappa shape index (κ1) is 23.1. The van der Waals surface area contributed by atoms with Crippen LogP contribution in [-0.4, -0.2) is 79.3 Å². The number of hydrogen-bond donors (Lipinski definition) is 2. The molecular formula is C20H27N3O7. The Hall–Kier alpha value is -3.14. The van der Waals surface area contributed by atoms with Crippen LogP contribution < -0.4 is 14.9 Å². The molecule has 3 rings (SSSR count). The van der Waals surface area contributed by atoms with Gasteiger partial charge in [-0.25, -0.2) is 9.59 Å². The fourth-order valence-corrected chi connectivity index (χ4v) is 3.64. The highest BCUT2D eigenvalue weighted by molar-refractivity contribution is 6.26. The van der Waals surface area contributed by atoms with Crippen LogP contribution in [0.1, 0.15) is 19.4 Å². The Labute approximate surface area is 174 Å². The molecule has 1 fully saturated rings. The number of carbonyl (C=O) groups is 4. The minimum absolute atomic E-state index is 0.173. The molecule has 2 aliphatic heterocycles. The van der Waals surface area contributed by atoms with E-state index in [-0.39, 0.29) is 18.0 Å². The Bertz CT molecular complexity index is 778. The quantitative estimate of drug-likeness (QED) is 0.547. The van der Waals surface area contributed by atoms with Gasteiger partial charge in [0.2, 0.25) is 0 Å². The van der Waals surface area contributed by atoms with E-state index in [0.717, 1.165) is 25.2 Å². The Morgan fingerprint density at radius 1 is 1.20 bits per heavy atom. The van der Waals surface area contributed by atoms with Crippen molar-refractivity contribution < 1.29 is 39.0 Å². The zero-order valence-corrected chi connectivity index (χ0v) is 17.1. The zero-order valence-electron chi connectivity index (χ0n) is 17.1. The van der Waals surface area contributed by atoms with Gasteiger partial charge in [0.25, 0.3) is 5.91 Å². The van der Waals surface area contributed by atoms with Crippen molar-refractivity contribution in [2.45, 2.75) is 26.3 Å². The number of amides is 2. The minimum Gasteiger partial charge on any atom is -0.539 e. The molecule has 2 N–H and O–H groups in total. The Morgan fingerprint density at radius 2 is 1.80 bits per heavy atom. The zero-order chi connectivity index (χ0) is 22.3. The summed E-state index contributed by atoms with van der Waals surface area (Å²) in [4.78, 5) is 47.5. The van der Waals surface area contributed by atoms with Crippen molar-refractivity contribution >= 4 is 29.6 Å². The first-order chi connectivity index (χ1) is 14.2. The summed E-state index contributed by atoms with van der Waals surface area (Å²) in [5.74, 6) is -3.84. The van der Waals surface area contributed by atoms with Gasteiger partial charge in [-0.2, -0.15) is 0 Å². The van der Waals surface area contributed by atoms with Crippen LogP contribution >= 0.6 is 0 Å². The van der Waals surface area contributed by atoms with Gasteiger partial charge in [0.15, 0.2) is 12.5 Å². The van der Waals surface area contributed by atoms with Crippen LogP contribution in [0, 0.1) is 0 Å². The lowest BCUT2D eigenvalue weighted by atomic mass is 10.1. The summed E-state index contributed by atoms with van der Waals surface area (Å²) in [5.41, 5.74) is 2.31. The highest BCUT2D eigenvalue weighted by Gasteiger charge is 2.33. The van der Waals surface area contributed by atoms with Crippen LogP contribution in [0.15, 0.2) is 24.3 Å². The van der Waals surface area contributed by atoms with E-state index in [1.165, 1.54) is 10.5 Å². The third-order valence-electron chi connectivity index (χ3n) is 5.05. The highest BCUT2D eigenvalue weighted by atomic mass is 16.6. The van der Waals surface area contributed by atoms with E-state index in [0.29, 0.717) is 26.2 Å². The number of carboxylic acids is 2. The van der Waals surface area contributed by atoms with Crippen LogP contribution in [-0.2, 0) is 25.5 Å². The van der Waals surface area contributed by atoms with E-state index in [2.05, 4.69) is 13.0 Å². The van der Waals surface area contributed by atoms with Gasteiger partial charge >= 0.3 is 12.1 Å². The standard InChI is InChI=1S/C18H25N3O3.C2H2O4/c1-3-24-18(23)20-10-8-19(9-11-20)13-17(22)21-14(2)12-15-6-4-5-7-16(15)21;3-1(4)2(5)6/h4-7,14H,3,8-13H2,1-2H3;(H,3,4)(H,5,6). The number of nitrogens with one attached hydrogen (secondary N) is 1. The minimum atomic E-state index is -2.07. The van der Waals surface area contributed by atoms with E-state index in [1.54, 1.807) is 4.90 Å². The van der Waals surface area contributed by atoms with Gasteiger partial charge in [0.1, 0.15) is 0 Å². The second-order valence-corrected chi connectivity index (χ2v) is 7.15. The van der Waals surface area contributed by atoms with Crippen LogP contribution in [0.25, 0.3) is 0 Å². The van der Waals surface area contributed by atoms with Crippen LogP contribution in [0.2, 0.25) is 0 Å². The van der Waals surface area contributed by atoms with Gasteiger partial charge < -0.3 is 29.5 Å². The molecule has 1 unspecified atom stereocenters. The van der Waals surface area contributed by atoms with Gasteiger partial charge in [-0.05, 0) is 31.9 Å². The number of piperazine rings is 1. The summed E-state index contributed by atoms with van der Waals surface area (Å²) < 4.78 is 5.03. The number of carbonyl (C=O) groups excluding carboxylic acids is 3. The summed E-state index contributed by atoms with van der Waals surface area (Å²) in [6, 6.07) is 8.37. The number of benzene rings is 1. The van der Waals surface area contributed by atoms with Crippen molar-refractivity contribution in [3.8, 4) is 0 Å². The van der Waals surface area contributed by atoms with Gasteiger partial charge in [-0.3, -0.25) is 9.69 Å². The maximum Gasteiger partial charge on any atom is 0.410 e. The maximum atomic E-state index is 12.8. The Kier molecular flexibility index (Phi) is 8.16. The summed E-state index contributed by atoms with van der Waals surface area (Å²) in [7, 11) is 0. The van der Waals surface area contributed by atoms with Crippen molar-refractivity contribution in [2.24, 2.45) is 0 Å². The number of fused-ring (bicyclic) bond motifs is 1. The lowest BCUT2D eigenvalue weighted by Crippen LogP contribution is -3.16. The molecule has 0 bridgehead atoms. The molecule has 0 aliphatic carbocycles. The molecule has 10 heteroatoms. The third kappa shape index (κ3) is 5.93. The molecule has 1 aromatic rings. The van der Waals surface area contributed by atoms with Crippen molar-refractivity contribution in [3.63, 3.8) is 0 Å². The number of anilines is 1. The average molecular weight is 421 g/mol. The summed E-state index contributed by atoms with van der Waals surface area (Å²) in [6.07, 6.45) is 0.679. The lowest BCUT2D eigenvalue weighted by Gasteiger charge is -2.32. The van der Waals surface area contributed by atoms with E-state index in [1.807, 2.05) is 30.0 Å². The molecule has 0 aromatic heterocycles. The van der Waals surface area contributed by atoms with E-state index < -0.39 is 11.9 Å². The smallest absolute Gasteiger partial charge is 0.410 e. The maximum absolute atomic E-state index is 12.8. The van der Waals surface area contributed by atoms with E-state index in [9.17, 15) is 9.59 Å². The molecule has 0 radical (unpaired) electrons. The number of para-hydroxylation sites is 1. The molecule has 10 nitrogen and oxygen atoms in total. The Balaban J connectivity index is 0.000000469. The van der Waals surface area contributed by atoms with Crippen LogP contribution in [0.5, 0.6) is 0 Å². The number of aliphatic carboxylic acids is 2. The van der Waals surface area contributed by atoms with Crippen molar-refractivity contribution in [1.82, 2.24) is 4.90 Å². The highest BCUT2D eigenvalue weighted by Crippen LogP contribution is 2.31. The molecule has 0 spiro atoms. The van der Waals surface area contributed by atoms with Gasteiger partial charge in [0, 0.05) is 11.7 Å². The molecule has 164 valence electrons. The number of nitrogens with zero attached hydrogens (tertiary/aromatic N) is 2. The second kappa shape index (κ2) is 10.6. The molecule has 1 saturated heterocycles. The normalized spacial score (nSPS) is 18.1. The number of rotatable bonds is 3. The van der Waals surface area contributed by atoms with E-state index >= 15 is 0 Å². The van der Waals surface area contributed by atoms with Gasteiger partial charge in [-0.15, -0.1) is 0 Å². The molecule has 2 aliphatic rings. The molecule has 0 saturated carbocycles. The Morgan fingerprint density at radius 3 is 2.37 bits per heavy atom. The molecule has 30 heavy (non-hydrogen) atoms. The molecule has 1 atom stereocenters. The predicted octanol–water partition coefficient (Wildman–Crippen LogP) is -1.86. The molecular weight excluding hydrogens is 394 g/mol. The third-order valence-corrected chi connectivity index (χ3v) is 5.05. The molecule has 2 amide bonds. The van der Waals surface area contributed by atoms with Crippen molar-refractivity contribution in [2.75, 3.05) is 44.2 Å². The van der Waals surface area contributed by atoms with Crippen molar-refractivity contribution in [3.05, 3.63) is 29.8 Å². The van der Waals surface area contributed by atoms with E-state index in [4.69, 9.17) is 24.5 Å². The summed E-state index contributed by atoms with van der Waals surface area (Å²) in [6.45, 7) is 7.66. The second-order valence-electron chi connectivity index (χ2n) is 7.15. The van der Waals surface area contributed by atoms with Gasteiger partial charge in [-0.1, -0.05) is 18.2 Å². The first-order valence-corrected chi connectivity index (χ1v) is 9.84. The average Bonchev–Trinajstić information content (AvgIpc) is 3.04. The summed E-state index contributed by atoms with van der Waals surface area (Å²) in [5, 5.41) is 16.3.